The number of halogens is 1. The van der Waals surface area contributed by atoms with Gasteiger partial charge in [-0.15, -0.1) is 6.58 Å². The minimum atomic E-state index is -0.382. The predicted octanol–water partition coefficient (Wildman–Crippen LogP) is 1.86. The van der Waals surface area contributed by atoms with Gasteiger partial charge in [-0.3, -0.25) is 4.79 Å². The van der Waals surface area contributed by atoms with Crippen molar-refractivity contribution in [2.75, 3.05) is 13.1 Å². The Labute approximate surface area is 127 Å². The highest BCUT2D eigenvalue weighted by molar-refractivity contribution is 9.10. The maximum absolute atomic E-state index is 11.6. The second-order valence-corrected chi connectivity index (χ2v) is 4.97. The zero-order chi connectivity index (χ0) is 15.0. The van der Waals surface area contributed by atoms with E-state index < -0.39 is 0 Å². The summed E-state index contributed by atoms with van der Waals surface area (Å²) in [5.41, 5.74) is 2.09. The Bertz CT molecular complexity index is 503. The van der Waals surface area contributed by atoms with E-state index in [1.54, 1.807) is 6.08 Å². The summed E-state index contributed by atoms with van der Waals surface area (Å²) in [6, 6.07) is 5.45. The van der Waals surface area contributed by atoms with Crippen molar-refractivity contribution in [3.8, 4) is 0 Å². The highest BCUT2D eigenvalue weighted by atomic mass is 79.9. The molecule has 20 heavy (non-hydrogen) atoms. The van der Waals surface area contributed by atoms with E-state index in [4.69, 9.17) is 0 Å². The van der Waals surface area contributed by atoms with Crippen LogP contribution >= 0.6 is 15.9 Å². The molecule has 0 fully saturated rings. The molecular weight excluding hydrogens is 322 g/mol. The second kappa shape index (κ2) is 8.37. The third-order valence-corrected chi connectivity index (χ3v) is 3.70. The van der Waals surface area contributed by atoms with Gasteiger partial charge in [0.25, 0.3) is 0 Å². The van der Waals surface area contributed by atoms with Crippen LogP contribution in [0.15, 0.2) is 35.3 Å². The van der Waals surface area contributed by atoms with Gasteiger partial charge in [0, 0.05) is 17.6 Å². The first-order chi connectivity index (χ1) is 9.54. The maximum Gasteiger partial charge on any atom is 0.315 e. The van der Waals surface area contributed by atoms with Gasteiger partial charge in [0.1, 0.15) is 0 Å². The molecule has 108 valence electrons. The van der Waals surface area contributed by atoms with Gasteiger partial charge < -0.3 is 16.0 Å². The molecule has 0 radical (unpaired) electrons. The van der Waals surface area contributed by atoms with Crippen LogP contribution in [-0.2, 0) is 11.3 Å². The fraction of sp³-hybridized carbons (Fsp3) is 0.286. The highest BCUT2D eigenvalue weighted by Gasteiger charge is 2.06. The van der Waals surface area contributed by atoms with Crippen molar-refractivity contribution in [2.24, 2.45) is 0 Å². The molecule has 0 saturated heterocycles. The largest absolute Gasteiger partial charge is 0.351 e. The Morgan fingerprint density at radius 2 is 2.05 bits per heavy atom. The Kier molecular flexibility index (Phi) is 6.79. The molecule has 0 saturated carbocycles. The molecule has 5 nitrogen and oxygen atoms in total. The number of rotatable bonds is 6. The highest BCUT2D eigenvalue weighted by Crippen LogP contribution is 2.20. The summed E-state index contributed by atoms with van der Waals surface area (Å²) < 4.78 is 0.976. The Balaban J connectivity index is 2.34. The van der Waals surface area contributed by atoms with Crippen LogP contribution in [0, 0.1) is 6.92 Å². The van der Waals surface area contributed by atoms with Crippen molar-refractivity contribution in [2.45, 2.75) is 13.5 Å². The average Bonchev–Trinajstić information content (AvgIpc) is 2.44. The van der Waals surface area contributed by atoms with Gasteiger partial charge in [0.05, 0.1) is 6.54 Å². The van der Waals surface area contributed by atoms with Gasteiger partial charge in [0.15, 0.2) is 0 Å². The summed E-state index contributed by atoms with van der Waals surface area (Å²) in [7, 11) is 0. The first-order valence-electron chi connectivity index (χ1n) is 6.18. The fourth-order valence-corrected chi connectivity index (χ4v) is 1.90. The second-order valence-electron chi connectivity index (χ2n) is 4.18. The molecule has 0 aliphatic heterocycles. The quantitative estimate of drug-likeness (QED) is 0.692. The molecule has 0 bridgehead atoms. The van der Waals surface area contributed by atoms with Crippen molar-refractivity contribution < 1.29 is 9.59 Å². The van der Waals surface area contributed by atoms with Crippen molar-refractivity contribution in [1.29, 1.82) is 0 Å². The SMILES string of the molecule is C=CCNC(=O)CNC(=O)NCc1cccc(C)c1Br. The molecule has 3 N–H and O–H groups in total. The van der Waals surface area contributed by atoms with Gasteiger partial charge in [-0.05, 0) is 18.1 Å². The van der Waals surface area contributed by atoms with Crippen LogP contribution in [0.4, 0.5) is 4.79 Å². The van der Waals surface area contributed by atoms with Crippen LogP contribution in [0.5, 0.6) is 0 Å². The number of aryl methyl sites for hydroxylation is 1. The van der Waals surface area contributed by atoms with Crippen LogP contribution in [0.2, 0.25) is 0 Å². The first kappa shape index (κ1) is 16.2. The molecule has 3 amide bonds. The van der Waals surface area contributed by atoms with Gasteiger partial charge in [-0.25, -0.2) is 4.79 Å². The number of hydrogen-bond acceptors (Lipinski definition) is 2. The molecular formula is C14H18BrN3O2. The molecule has 1 aromatic carbocycles. The van der Waals surface area contributed by atoms with Crippen LogP contribution in [0.25, 0.3) is 0 Å². The zero-order valence-corrected chi connectivity index (χ0v) is 12.9. The lowest BCUT2D eigenvalue weighted by molar-refractivity contribution is -0.119. The third kappa shape index (κ3) is 5.44. The van der Waals surface area contributed by atoms with E-state index in [9.17, 15) is 9.59 Å². The van der Waals surface area contributed by atoms with E-state index in [2.05, 4.69) is 38.5 Å². The number of hydrogen-bond donors (Lipinski definition) is 3. The summed E-state index contributed by atoms with van der Waals surface area (Å²) in [4.78, 5) is 22.8. The zero-order valence-electron chi connectivity index (χ0n) is 11.3. The predicted molar refractivity (Wildman–Crippen MR) is 82.3 cm³/mol. The van der Waals surface area contributed by atoms with E-state index in [1.165, 1.54) is 0 Å². The Hall–Kier alpha value is -1.82. The van der Waals surface area contributed by atoms with Crippen molar-refractivity contribution in [1.82, 2.24) is 16.0 Å². The van der Waals surface area contributed by atoms with Gasteiger partial charge in [0.2, 0.25) is 5.91 Å². The van der Waals surface area contributed by atoms with Gasteiger partial charge >= 0.3 is 6.03 Å². The molecule has 1 rings (SSSR count). The lowest BCUT2D eigenvalue weighted by atomic mass is 10.1. The normalized spacial score (nSPS) is 9.70. The molecule has 0 aliphatic rings. The van der Waals surface area contributed by atoms with E-state index in [0.29, 0.717) is 13.1 Å². The number of benzene rings is 1. The van der Waals surface area contributed by atoms with Gasteiger partial charge in [-0.2, -0.15) is 0 Å². The number of carbonyl (C=O) groups excluding carboxylic acids is 2. The summed E-state index contributed by atoms with van der Waals surface area (Å²) in [6.07, 6.45) is 1.58. The van der Waals surface area contributed by atoms with Gasteiger partial charge in [-0.1, -0.05) is 40.2 Å². The summed E-state index contributed by atoms with van der Waals surface area (Å²) in [5, 5.41) is 7.75. The maximum atomic E-state index is 11.6. The van der Waals surface area contributed by atoms with Crippen molar-refractivity contribution in [3.05, 3.63) is 46.5 Å². The molecule has 0 unspecified atom stereocenters. The average molecular weight is 340 g/mol. The van der Waals surface area contributed by atoms with Crippen LogP contribution in [0.3, 0.4) is 0 Å². The smallest absolute Gasteiger partial charge is 0.315 e. The first-order valence-corrected chi connectivity index (χ1v) is 6.97. The topological polar surface area (TPSA) is 70.2 Å². The molecule has 0 atom stereocenters. The lowest BCUT2D eigenvalue weighted by Crippen LogP contribution is -2.41. The van der Waals surface area contributed by atoms with Crippen LogP contribution in [0.1, 0.15) is 11.1 Å². The number of carbonyl (C=O) groups is 2. The lowest BCUT2D eigenvalue weighted by Gasteiger charge is -2.10. The van der Waals surface area contributed by atoms with Crippen LogP contribution < -0.4 is 16.0 Å². The fourth-order valence-electron chi connectivity index (χ4n) is 1.49. The van der Waals surface area contributed by atoms with Crippen molar-refractivity contribution in [3.63, 3.8) is 0 Å². The molecule has 0 aliphatic carbocycles. The molecule has 0 aromatic heterocycles. The summed E-state index contributed by atoms with van der Waals surface area (Å²) in [6.45, 7) is 6.19. The molecule has 0 spiro atoms. The summed E-state index contributed by atoms with van der Waals surface area (Å²) >= 11 is 3.48. The molecule has 1 aromatic rings. The van der Waals surface area contributed by atoms with E-state index in [-0.39, 0.29) is 18.5 Å². The third-order valence-electron chi connectivity index (χ3n) is 2.56. The summed E-state index contributed by atoms with van der Waals surface area (Å²) in [5.74, 6) is -0.253. The van der Waals surface area contributed by atoms with E-state index >= 15 is 0 Å². The van der Waals surface area contributed by atoms with E-state index in [0.717, 1.165) is 15.6 Å². The number of amides is 3. The van der Waals surface area contributed by atoms with Crippen LogP contribution in [-0.4, -0.2) is 25.0 Å². The Morgan fingerprint density at radius 3 is 2.75 bits per heavy atom. The molecule has 0 heterocycles. The standard InChI is InChI=1S/C14H18BrN3O2/c1-3-7-16-12(19)9-18-14(20)17-8-11-6-4-5-10(2)13(11)15/h3-6H,1,7-9H2,2H3,(H,16,19)(H2,17,18,20). The van der Waals surface area contributed by atoms with Crippen molar-refractivity contribution >= 4 is 27.9 Å². The Morgan fingerprint density at radius 1 is 1.30 bits per heavy atom. The minimum absolute atomic E-state index is 0.0609. The molecule has 6 heteroatoms. The van der Waals surface area contributed by atoms with E-state index in [1.807, 2.05) is 25.1 Å². The minimum Gasteiger partial charge on any atom is -0.351 e. The number of nitrogens with one attached hydrogen (secondary N) is 3. The number of urea groups is 1. The monoisotopic (exact) mass is 339 g/mol.